The van der Waals surface area contributed by atoms with Gasteiger partial charge in [0.25, 0.3) is 0 Å². The van der Waals surface area contributed by atoms with Crippen molar-refractivity contribution in [3.63, 3.8) is 0 Å². The molecule has 5 heteroatoms. The summed E-state index contributed by atoms with van der Waals surface area (Å²) in [5.41, 5.74) is 5.81. The summed E-state index contributed by atoms with van der Waals surface area (Å²) in [6.07, 6.45) is 0.994. The van der Waals surface area contributed by atoms with E-state index in [1.165, 1.54) is 4.88 Å². The SMILES string of the molecule is CC(NC(=O)CN1CC[C@H](N)C1)c1cccs1. The fourth-order valence-electron chi connectivity index (χ4n) is 2.11. The minimum Gasteiger partial charge on any atom is -0.348 e. The lowest BCUT2D eigenvalue weighted by molar-refractivity contribution is -0.122. The molecule has 17 heavy (non-hydrogen) atoms. The molecule has 0 radical (unpaired) electrons. The number of carbonyl (C=O) groups is 1. The molecule has 1 aliphatic heterocycles. The van der Waals surface area contributed by atoms with Crippen LogP contribution in [0.5, 0.6) is 0 Å². The van der Waals surface area contributed by atoms with Crippen LogP contribution in [0.25, 0.3) is 0 Å². The quantitative estimate of drug-likeness (QED) is 0.840. The molecule has 0 spiro atoms. The van der Waals surface area contributed by atoms with E-state index in [9.17, 15) is 4.79 Å². The average Bonchev–Trinajstić information content (AvgIpc) is 2.89. The second-order valence-corrected chi connectivity index (χ2v) is 5.57. The monoisotopic (exact) mass is 253 g/mol. The Morgan fingerprint density at radius 3 is 3.18 bits per heavy atom. The lowest BCUT2D eigenvalue weighted by atomic mass is 10.2. The van der Waals surface area contributed by atoms with E-state index in [2.05, 4.69) is 10.2 Å². The molecular weight excluding hydrogens is 234 g/mol. The molecule has 1 fully saturated rings. The number of thiophene rings is 1. The standard InChI is InChI=1S/C12H19N3OS/c1-9(11-3-2-6-17-11)14-12(16)8-15-5-4-10(13)7-15/h2-3,6,9-10H,4-5,7-8,13H2,1H3,(H,14,16)/t9?,10-/m0/s1. The molecule has 0 saturated carbocycles. The molecule has 1 unspecified atom stereocenters. The van der Waals surface area contributed by atoms with Crippen LogP contribution in [-0.2, 0) is 4.79 Å². The van der Waals surface area contributed by atoms with Crippen LogP contribution in [0, 0.1) is 0 Å². The largest absolute Gasteiger partial charge is 0.348 e. The Balaban J connectivity index is 1.77. The fraction of sp³-hybridized carbons (Fsp3) is 0.583. The number of nitrogens with zero attached hydrogens (tertiary/aromatic N) is 1. The molecule has 1 amide bonds. The molecule has 0 bridgehead atoms. The second kappa shape index (κ2) is 5.62. The third kappa shape index (κ3) is 3.52. The van der Waals surface area contributed by atoms with Crippen molar-refractivity contribution in [2.75, 3.05) is 19.6 Å². The van der Waals surface area contributed by atoms with Crippen molar-refractivity contribution in [2.24, 2.45) is 5.73 Å². The lowest BCUT2D eigenvalue weighted by Gasteiger charge is -2.17. The average molecular weight is 253 g/mol. The maximum atomic E-state index is 11.8. The molecule has 0 aliphatic carbocycles. The van der Waals surface area contributed by atoms with E-state index in [0.717, 1.165) is 19.5 Å². The number of nitrogens with two attached hydrogens (primary N) is 1. The third-order valence-corrected chi connectivity index (χ3v) is 4.08. The highest BCUT2D eigenvalue weighted by Crippen LogP contribution is 2.18. The summed E-state index contributed by atoms with van der Waals surface area (Å²) in [7, 11) is 0. The molecule has 3 N–H and O–H groups in total. The predicted molar refractivity (Wildman–Crippen MR) is 69.9 cm³/mol. The number of rotatable bonds is 4. The van der Waals surface area contributed by atoms with Crippen LogP contribution in [0.3, 0.4) is 0 Å². The Labute approximate surface area is 106 Å². The summed E-state index contributed by atoms with van der Waals surface area (Å²) in [5, 5.41) is 5.04. The summed E-state index contributed by atoms with van der Waals surface area (Å²) in [6.45, 7) is 4.24. The number of nitrogens with one attached hydrogen (secondary N) is 1. The molecule has 2 rings (SSSR count). The van der Waals surface area contributed by atoms with E-state index in [1.54, 1.807) is 11.3 Å². The van der Waals surface area contributed by atoms with E-state index in [1.807, 2.05) is 24.4 Å². The first-order chi connectivity index (χ1) is 8.15. The smallest absolute Gasteiger partial charge is 0.234 e. The van der Waals surface area contributed by atoms with Crippen molar-refractivity contribution < 1.29 is 4.79 Å². The summed E-state index contributed by atoms with van der Waals surface area (Å²) in [6, 6.07) is 4.38. The van der Waals surface area contributed by atoms with Gasteiger partial charge in [-0.15, -0.1) is 11.3 Å². The van der Waals surface area contributed by atoms with Gasteiger partial charge in [0.05, 0.1) is 12.6 Å². The minimum absolute atomic E-state index is 0.0833. The topological polar surface area (TPSA) is 58.4 Å². The Bertz CT molecular complexity index is 366. The highest BCUT2D eigenvalue weighted by molar-refractivity contribution is 7.10. The molecule has 0 aromatic carbocycles. The Hall–Kier alpha value is -0.910. The van der Waals surface area contributed by atoms with Gasteiger partial charge in [-0.3, -0.25) is 9.69 Å². The number of hydrogen-bond acceptors (Lipinski definition) is 4. The summed E-state index contributed by atoms with van der Waals surface area (Å²) in [5.74, 6) is 0.0833. The first-order valence-corrected chi connectivity index (χ1v) is 6.84. The number of likely N-dealkylation sites (tertiary alicyclic amines) is 1. The zero-order valence-electron chi connectivity index (χ0n) is 10.1. The van der Waals surface area contributed by atoms with Gasteiger partial charge in [-0.2, -0.15) is 0 Å². The zero-order valence-corrected chi connectivity index (χ0v) is 10.9. The van der Waals surface area contributed by atoms with E-state index < -0.39 is 0 Å². The molecule has 1 aliphatic rings. The van der Waals surface area contributed by atoms with Crippen LogP contribution in [0.2, 0.25) is 0 Å². The second-order valence-electron chi connectivity index (χ2n) is 4.59. The fourth-order valence-corrected chi connectivity index (χ4v) is 2.84. The highest BCUT2D eigenvalue weighted by Gasteiger charge is 2.21. The van der Waals surface area contributed by atoms with Crippen LogP contribution < -0.4 is 11.1 Å². The predicted octanol–water partition coefficient (Wildman–Crippen LogP) is 0.958. The maximum Gasteiger partial charge on any atom is 0.234 e. The van der Waals surface area contributed by atoms with Gasteiger partial charge < -0.3 is 11.1 Å². The van der Waals surface area contributed by atoms with Crippen LogP contribution in [0.4, 0.5) is 0 Å². The normalized spacial score (nSPS) is 22.6. The summed E-state index contributed by atoms with van der Waals surface area (Å²) < 4.78 is 0. The third-order valence-electron chi connectivity index (χ3n) is 3.02. The Morgan fingerprint density at radius 2 is 2.59 bits per heavy atom. The minimum atomic E-state index is 0.0833. The van der Waals surface area contributed by atoms with Gasteiger partial charge in [0.1, 0.15) is 0 Å². The van der Waals surface area contributed by atoms with Crippen molar-refractivity contribution >= 4 is 17.2 Å². The van der Waals surface area contributed by atoms with Crippen molar-refractivity contribution in [3.05, 3.63) is 22.4 Å². The van der Waals surface area contributed by atoms with E-state index in [0.29, 0.717) is 6.54 Å². The van der Waals surface area contributed by atoms with Crippen molar-refractivity contribution in [2.45, 2.75) is 25.4 Å². The molecule has 1 aromatic rings. The van der Waals surface area contributed by atoms with Gasteiger partial charge >= 0.3 is 0 Å². The van der Waals surface area contributed by atoms with Gasteiger partial charge in [-0.05, 0) is 24.8 Å². The first-order valence-electron chi connectivity index (χ1n) is 5.96. The Kier molecular flexibility index (Phi) is 4.15. The summed E-state index contributed by atoms with van der Waals surface area (Å²) >= 11 is 1.67. The molecule has 4 nitrogen and oxygen atoms in total. The number of carbonyl (C=O) groups excluding carboxylic acids is 1. The molecule has 1 aromatic heterocycles. The molecule has 94 valence electrons. The van der Waals surface area contributed by atoms with E-state index in [4.69, 9.17) is 5.73 Å². The first kappa shape index (κ1) is 12.5. The molecule has 2 atom stereocenters. The van der Waals surface area contributed by atoms with Gasteiger partial charge in [0.2, 0.25) is 5.91 Å². The van der Waals surface area contributed by atoms with E-state index >= 15 is 0 Å². The van der Waals surface area contributed by atoms with Crippen LogP contribution in [0.1, 0.15) is 24.3 Å². The van der Waals surface area contributed by atoms with Crippen molar-refractivity contribution in [1.29, 1.82) is 0 Å². The Morgan fingerprint density at radius 1 is 1.76 bits per heavy atom. The molecule has 2 heterocycles. The van der Waals surface area contributed by atoms with Crippen molar-refractivity contribution in [1.82, 2.24) is 10.2 Å². The van der Waals surface area contributed by atoms with Gasteiger partial charge in [0.15, 0.2) is 0 Å². The maximum absolute atomic E-state index is 11.8. The van der Waals surface area contributed by atoms with Crippen molar-refractivity contribution in [3.8, 4) is 0 Å². The van der Waals surface area contributed by atoms with Crippen LogP contribution >= 0.6 is 11.3 Å². The van der Waals surface area contributed by atoms with Gasteiger partial charge in [-0.1, -0.05) is 6.07 Å². The van der Waals surface area contributed by atoms with Gasteiger partial charge in [0, 0.05) is 24.0 Å². The van der Waals surface area contributed by atoms with Crippen LogP contribution in [-0.4, -0.2) is 36.5 Å². The summed E-state index contributed by atoms with van der Waals surface area (Å²) in [4.78, 5) is 15.1. The number of amides is 1. The van der Waals surface area contributed by atoms with Gasteiger partial charge in [-0.25, -0.2) is 0 Å². The molecule has 1 saturated heterocycles. The molecular formula is C12H19N3OS. The lowest BCUT2D eigenvalue weighted by Crippen LogP contribution is -2.38. The van der Waals surface area contributed by atoms with Crippen LogP contribution in [0.15, 0.2) is 17.5 Å². The highest BCUT2D eigenvalue weighted by atomic mass is 32.1. The van der Waals surface area contributed by atoms with E-state index in [-0.39, 0.29) is 18.0 Å². The zero-order chi connectivity index (χ0) is 12.3. The number of hydrogen-bond donors (Lipinski definition) is 2.